The van der Waals surface area contributed by atoms with Gasteiger partial charge in [0.1, 0.15) is 0 Å². The fourth-order valence-electron chi connectivity index (χ4n) is 3.93. The highest BCUT2D eigenvalue weighted by molar-refractivity contribution is 6.32. The number of amides is 1. The zero-order valence-electron chi connectivity index (χ0n) is 19.4. The van der Waals surface area contributed by atoms with Gasteiger partial charge in [0.15, 0.2) is 17.3 Å². The second kappa shape index (κ2) is 10.7. The number of tetrazole rings is 1. The minimum atomic E-state index is -0.396. The number of hydrogen-bond donors (Lipinski definition) is 2. The Kier molecular flexibility index (Phi) is 7.18. The van der Waals surface area contributed by atoms with Crippen molar-refractivity contribution >= 4 is 40.7 Å². The summed E-state index contributed by atoms with van der Waals surface area (Å²) in [6, 6.07) is 17.6. The van der Waals surface area contributed by atoms with E-state index in [2.05, 4.69) is 30.9 Å². The van der Waals surface area contributed by atoms with Crippen LogP contribution in [0.1, 0.15) is 40.4 Å². The maximum absolute atomic E-state index is 13.7. The van der Waals surface area contributed by atoms with Gasteiger partial charge in [0, 0.05) is 33.8 Å². The minimum absolute atomic E-state index is 0.172. The molecule has 0 saturated heterocycles. The molecule has 5 aromatic rings. The Morgan fingerprint density at radius 3 is 2.57 bits per heavy atom. The first-order valence-corrected chi connectivity index (χ1v) is 12.3. The lowest BCUT2D eigenvalue weighted by molar-refractivity contribution is 0.0933. The van der Waals surface area contributed by atoms with Gasteiger partial charge in [-0.05, 0) is 48.9 Å². The summed E-state index contributed by atoms with van der Waals surface area (Å²) in [4.78, 5) is 18.1. The van der Waals surface area contributed by atoms with Gasteiger partial charge in [0.2, 0.25) is 0 Å². The molecule has 0 aliphatic heterocycles. The molecule has 0 radical (unpaired) electrons. The molecular weight excluding hydrogens is 535 g/mol. The van der Waals surface area contributed by atoms with Crippen molar-refractivity contribution in [2.45, 2.75) is 19.4 Å². The summed E-state index contributed by atoms with van der Waals surface area (Å²) in [5, 5.41) is 23.5. The molecule has 0 unspecified atom stereocenters. The van der Waals surface area contributed by atoms with Crippen LogP contribution in [0.2, 0.25) is 15.1 Å². The number of nitrogens with one attached hydrogen (secondary N) is 2. The summed E-state index contributed by atoms with van der Waals surface area (Å²) in [6.45, 7) is 1.87. The van der Waals surface area contributed by atoms with Crippen LogP contribution in [-0.2, 0) is 6.42 Å². The molecule has 5 rings (SSSR count). The van der Waals surface area contributed by atoms with Crippen LogP contribution in [0.4, 0.5) is 0 Å². The molecule has 1 amide bonds. The van der Waals surface area contributed by atoms with E-state index in [0.717, 1.165) is 11.1 Å². The molecule has 186 valence electrons. The molecule has 0 bridgehead atoms. The van der Waals surface area contributed by atoms with E-state index in [-0.39, 0.29) is 18.2 Å². The smallest absolute Gasteiger partial charge is 0.272 e. The third kappa shape index (κ3) is 5.34. The van der Waals surface area contributed by atoms with E-state index in [9.17, 15) is 4.79 Å². The van der Waals surface area contributed by atoms with Gasteiger partial charge in [-0.3, -0.25) is 4.79 Å². The van der Waals surface area contributed by atoms with Crippen LogP contribution >= 0.6 is 34.8 Å². The highest BCUT2D eigenvalue weighted by Crippen LogP contribution is 2.33. The highest BCUT2D eigenvalue weighted by Gasteiger charge is 2.28. The monoisotopic (exact) mass is 552 g/mol. The fourth-order valence-corrected chi connectivity index (χ4v) is 4.46. The molecule has 3 aromatic heterocycles. The van der Waals surface area contributed by atoms with Crippen molar-refractivity contribution in [2.24, 2.45) is 0 Å². The van der Waals surface area contributed by atoms with Crippen LogP contribution in [0, 0.1) is 0 Å². The molecule has 2 aromatic carbocycles. The fraction of sp³-hybridized carbons (Fsp3) is 0.120. The number of pyridine rings is 1. The number of aromatic amines is 1. The molecule has 0 aliphatic carbocycles. The minimum Gasteiger partial charge on any atom is -0.344 e. The number of carbonyl (C=O) groups is 1. The molecule has 0 aliphatic rings. The zero-order valence-corrected chi connectivity index (χ0v) is 21.6. The first kappa shape index (κ1) is 24.9. The predicted molar refractivity (Wildman–Crippen MR) is 141 cm³/mol. The largest absolute Gasteiger partial charge is 0.344 e. The Labute approximate surface area is 226 Å². The molecule has 12 heteroatoms. The molecule has 3 heterocycles. The van der Waals surface area contributed by atoms with Gasteiger partial charge in [0.05, 0.1) is 16.8 Å². The first-order valence-electron chi connectivity index (χ1n) is 11.2. The van der Waals surface area contributed by atoms with Crippen molar-refractivity contribution in [3.63, 3.8) is 0 Å². The molecule has 0 fully saturated rings. The van der Waals surface area contributed by atoms with Crippen LogP contribution in [0.15, 0.2) is 66.9 Å². The molecular formula is C25H19Cl3N8O. The van der Waals surface area contributed by atoms with E-state index in [1.165, 1.54) is 0 Å². The van der Waals surface area contributed by atoms with E-state index in [4.69, 9.17) is 39.9 Å². The second-order valence-corrected chi connectivity index (χ2v) is 9.44. The summed E-state index contributed by atoms with van der Waals surface area (Å²) in [5.41, 5.74) is 2.94. The van der Waals surface area contributed by atoms with E-state index in [1.54, 1.807) is 47.3 Å². The highest BCUT2D eigenvalue weighted by atomic mass is 35.5. The second-order valence-electron chi connectivity index (χ2n) is 8.16. The summed E-state index contributed by atoms with van der Waals surface area (Å²) in [5.74, 6) is 0.358. The van der Waals surface area contributed by atoms with Gasteiger partial charge in [0.25, 0.3) is 5.91 Å². The quantitative estimate of drug-likeness (QED) is 0.275. The van der Waals surface area contributed by atoms with E-state index < -0.39 is 5.91 Å². The number of hydrogen-bond acceptors (Lipinski definition) is 6. The van der Waals surface area contributed by atoms with Gasteiger partial charge in [-0.15, -0.1) is 10.2 Å². The first-order chi connectivity index (χ1) is 17.9. The average Bonchev–Trinajstić information content (AvgIpc) is 3.53. The third-order valence-electron chi connectivity index (χ3n) is 5.68. The molecule has 1 atom stereocenters. The summed E-state index contributed by atoms with van der Waals surface area (Å²) < 4.78 is 1.56. The lowest BCUT2D eigenvalue weighted by atomic mass is 10.0. The van der Waals surface area contributed by atoms with Crippen molar-refractivity contribution < 1.29 is 4.79 Å². The van der Waals surface area contributed by atoms with Crippen molar-refractivity contribution in [1.82, 2.24) is 40.7 Å². The maximum Gasteiger partial charge on any atom is 0.272 e. The molecule has 37 heavy (non-hydrogen) atoms. The number of halogens is 3. The van der Waals surface area contributed by atoms with Crippen LogP contribution < -0.4 is 5.32 Å². The van der Waals surface area contributed by atoms with Crippen molar-refractivity contribution in [1.29, 1.82) is 0 Å². The summed E-state index contributed by atoms with van der Waals surface area (Å²) in [7, 11) is 0. The predicted octanol–water partition coefficient (Wildman–Crippen LogP) is 5.49. The van der Waals surface area contributed by atoms with Crippen molar-refractivity contribution in [3.05, 3.63) is 105 Å². The van der Waals surface area contributed by atoms with Gasteiger partial charge >= 0.3 is 0 Å². The molecule has 0 saturated carbocycles. The van der Waals surface area contributed by atoms with Gasteiger partial charge in [-0.2, -0.15) is 10.3 Å². The Morgan fingerprint density at radius 2 is 1.86 bits per heavy atom. The number of H-pyrrole nitrogens is 1. The Bertz CT molecular complexity index is 1550. The average molecular weight is 554 g/mol. The maximum atomic E-state index is 13.7. The Hall–Kier alpha value is -3.79. The SMILES string of the molecule is C[C@@H](NC(=O)c1nn(-c2ncccc2Cl)c(-c2ccc(Cl)cc2)c1Cc1nn[nH]n1)c1cccc(Cl)c1. The van der Waals surface area contributed by atoms with E-state index in [0.29, 0.717) is 38.0 Å². The topological polar surface area (TPSA) is 114 Å². The molecule has 0 spiro atoms. The number of carbonyl (C=O) groups excluding carboxylic acids is 1. The third-order valence-corrected chi connectivity index (χ3v) is 6.46. The molecule has 9 nitrogen and oxygen atoms in total. The summed E-state index contributed by atoms with van der Waals surface area (Å²) in [6.07, 6.45) is 1.78. The zero-order chi connectivity index (χ0) is 25.9. The normalized spacial score (nSPS) is 11.9. The Balaban J connectivity index is 1.67. The van der Waals surface area contributed by atoms with E-state index >= 15 is 0 Å². The van der Waals surface area contributed by atoms with E-state index in [1.807, 2.05) is 31.2 Å². The Morgan fingerprint density at radius 1 is 1.05 bits per heavy atom. The lowest BCUT2D eigenvalue weighted by Gasteiger charge is -2.14. The van der Waals surface area contributed by atoms with Crippen molar-refractivity contribution in [2.75, 3.05) is 0 Å². The van der Waals surface area contributed by atoms with Gasteiger partial charge < -0.3 is 5.32 Å². The van der Waals surface area contributed by atoms with Crippen LogP contribution in [0.5, 0.6) is 0 Å². The van der Waals surface area contributed by atoms with Gasteiger partial charge in [-0.1, -0.05) is 64.3 Å². The lowest BCUT2D eigenvalue weighted by Crippen LogP contribution is -2.28. The van der Waals surface area contributed by atoms with Crippen LogP contribution in [-0.4, -0.2) is 41.3 Å². The molecule has 2 N–H and O–H groups in total. The number of rotatable bonds is 7. The van der Waals surface area contributed by atoms with Gasteiger partial charge in [-0.25, -0.2) is 9.67 Å². The number of benzene rings is 2. The van der Waals surface area contributed by atoms with Crippen LogP contribution in [0.25, 0.3) is 17.1 Å². The summed E-state index contributed by atoms with van der Waals surface area (Å²) >= 11 is 18.8. The number of aromatic nitrogens is 7. The van der Waals surface area contributed by atoms with Crippen LogP contribution in [0.3, 0.4) is 0 Å². The number of nitrogens with zero attached hydrogens (tertiary/aromatic N) is 6. The standard InChI is InChI=1S/C25H19Cl3N8O/c1-14(16-4-2-5-18(27)12-16)30-25(37)22-19(13-21-31-34-35-32-21)23(15-7-9-17(26)10-8-15)36(33-22)24-20(28)6-3-11-29-24/h2-12,14H,13H2,1H3,(H,30,37)(H,31,32,34,35)/t14-/m1/s1. The van der Waals surface area contributed by atoms with Crippen molar-refractivity contribution in [3.8, 4) is 17.1 Å².